The molecule has 5 aliphatic rings. The van der Waals surface area contributed by atoms with Crippen LogP contribution < -0.4 is 0 Å². The van der Waals surface area contributed by atoms with Gasteiger partial charge < -0.3 is 18.9 Å². The number of aliphatic imine (C=N–C) groups is 1. The second kappa shape index (κ2) is 7.84. The predicted octanol–water partition coefficient (Wildman–Crippen LogP) is 3.28. The Kier molecular flexibility index (Phi) is 5.10. The molecule has 4 atom stereocenters. The van der Waals surface area contributed by atoms with E-state index < -0.39 is 0 Å². The molecule has 4 saturated heterocycles. The number of nitrogens with zero attached hydrogens (tertiary/aromatic N) is 1. The van der Waals surface area contributed by atoms with Gasteiger partial charge >= 0.3 is 0 Å². The quantitative estimate of drug-likeness (QED) is 0.462. The summed E-state index contributed by atoms with van der Waals surface area (Å²) in [7, 11) is 0. The first kappa shape index (κ1) is 17.6. The molecule has 5 rings (SSSR count). The van der Waals surface area contributed by atoms with E-state index in [4.69, 9.17) is 23.9 Å². The largest absolute Gasteiger partial charge is 0.373 e. The molecule has 1 aliphatic carbocycles. The number of ether oxygens (including phenoxy) is 4. The van der Waals surface area contributed by atoms with Gasteiger partial charge in [0.2, 0.25) is 0 Å². The maximum Gasteiger partial charge on any atom is 0.0859 e. The lowest BCUT2D eigenvalue weighted by molar-refractivity contribution is 0.409. The monoisotopic (exact) mass is 369 g/mol. The van der Waals surface area contributed by atoms with Gasteiger partial charge in [-0.05, 0) is 36.8 Å². The molecule has 4 heterocycles. The number of epoxide rings is 4. The maximum absolute atomic E-state index is 5.43. The molecular formula is C22H27NO4. The van der Waals surface area contributed by atoms with Crippen LogP contribution in [0.2, 0.25) is 0 Å². The van der Waals surface area contributed by atoms with Crippen molar-refractivity contribution in [3.05, 3.63) is 46.7 Å². The van der Waals surface area contributed by atoms with Gasteiger partial charge in [0.1, 0.15) is 0 Å². The van der Waals surface area contributed by atoms with E-state index in [1.165, 1.54) is 16.7 Å². The molecule has 0 aromatic rings. The van der Waals surface area contributed by atoms with Crippen LogP contribution in [-0.2, 0) is 18.9 Å². The van der Waals surface area contributed by atoms with E-state index in [-0.39, 0.29) is 0 Å². The summed E-state index contributed by atoms with van der Waals surface area (Å²) in [6.45, 7) is 3.53. The molecule has 0 aromatic heterocycles. The summed E-state index contributed by atoms with van der Waals surface area (Å²) in [5, 5.41) is 0. The van der Waals surface area contributed by atoms with Gasteiger partial charge in [0.15, 0.2) is 0 Å². The Labute approximate surface area is 160 Å². The highest BCUT2D eigenvalue weighted by Crippen LogP contribution is 2.37. The lowest BCUT2D eigenvalue weighted by Crippen LogP contribution is -2.06. The fourth-order valence-corrected chi connectivity index (χ4v) is 3.37. The Hall–Kier alpha value is -1.53. The summed E-state index contributed by atoms with van der Waals surface area (Å²) in [4.78, 5) is 4.80. The zero-order valence-electron chi connectivity index (χ0n) is 15.6. The standard InChI is InChI=1S/C22H27NO4/c1(3-16-11-24-16)15-2-8-22(23-10-9-19-14-27-19)21(7-5-18-13-26-18)20(15)6-4-17-12-25-17/h1,6-8,10,16-19H,2-5,9,11-14H2. The first-order valence-electron chi connectivity index (χ1n) is 10.1. The molecule has 4 fully saturated rings. The summed E-state index contributed by atoms with van der Waals surface area (Å²) >= 11 is 0. The minimum atomic E-state index is 0.376. The first-order valence-corrected chi connectivity index (χ1v) is 10.1. The van der Waals surface area contributed by atoms with E-state index >= 15 is 0 Å². The zero-order valence-corrected chi connectivity index (χ0v) is 15.6. The van der Waals surface area contributed by atoms with Crippen LogP contribution in [0.1, 0.15) is 32.1 Å². The predicted molar refractivity (Wildman–Crippen MR) is 103 cm³/mol. The van der Waals surface area contributed by atoms with Crippen molar-refractivity contribution in [1.82, 2.24) is 0 Å². The van der Waals surface area contributed by atoms with Crippen LogP contribution in [0.5, 0.6) is 0 Å². The van der Waals surface area contributed by atoms with Gasteiger partial charge in [-0.15, -0.1) is 0 Å². The van der Waals surface area contributed by atoms with Crippen LogP contribution in [0, 0.1) is 0 Å². The van der Waals surface area contributed by atoms with Crippen molar-refractivity contribution in [2.45, 2.75) is 56.5 Å². The van der Waals surface area contributed by atoms with Gasteiger partial charge in [0.05, 0.1) is 56.5 Å². The Morgan fingerprint density at radius 3 is 1.85 bits per heavy atom. The molecule has 27 heavy (non-hydrogen) atoms. The van der Waals surface area contributed by atoms with Gasteiger partial charge in [0, 0.05) is 18.2 Å². The summed E-state index contributed by atoms with van der Waals surface area (Å²) in [5.41, 5.74) is 5.04. The van der Waals surface area contributed by atoms with E-state index in [0.717, 1.165) is 64.2 Å². The number of allylic oxidation sites excluding steroid dienone is 3. The van der Waals surface area contributed by atoms with Gasteiger partial charge in [-0.2, -0.15) is 0 Å². The van der Waals surface area contributed by atoms with Crippen molar-refractivity contribution in [2.75, 3.05) is 26.4 Å². The SMILES string of the molecule is C(CC1CO1)=NC1=CCC(=CCC2CO2)C(=CCC2CO2)C1=CCC1CO1. The highest BCUT2D eigenvalue weighted by atomic mass is 16.6. The van der Waals surface area contributed by atoms with Crippen LogP contribution in [0.25, 0.3) is 0 Å². The van der Waals surface area contributed by atoms with Gasteiger partial charge in [-0.1, -0.05) is 24.3 Å². The van der Waals surface area contributed by atoms with E-state index in [2.05, 4.69) is 24.3 Å². The lowest BCUT2D eigenvalue weighted by Gasteiger charge is -2.21. The molecule has 5 nitrogen and oxygen atoms in total. The van der Waals surface area contributed by atoms with Gasteiger partial charge in [0.25, 0.3) is 0 Å². The Balaban J connectivity index is 1.40. The second-order valence-electron chi connectivity index (χ2n) is 7.83. The van der Waals surface area contributed by atoms with Crippen molar-refractivity contribution < 1.29 is 18.9 Å². The Bertz CT molecular complexity index is 717. The smallest absolute Gasteiger partial charge is 0.0859 e. The molecule has 0 radical (unpaired) electrons. The molecule has 4 aliphatic heterocycles. The molecule has 4 unspecified atom stereocenters. The van der Waals surface area contributed by atoms with Gasteiger partial charge in [-0.25, -0.2) is 0 Å². The maximum atomic E-state index is 5.43. The summed E-state index contributed by atoms with van der Waals surface area (Å²) in [5.74, 6) is 0. The third-order valence-electron chi connectivity index (χ3n) is 5.43. The van der Waals surface area contributed by atoms with Crippen molar-refractivity contribution in [1.29, 1.82) is 0 Å². The fourth-order valence-electron chi connectivity index (χ4n) is 3.37. The first-order chi connectivity index (χ1) is 13.3. The highest BCUT2D eigenvalue weighted by Gasteiger charge is 2.27. The van der Waals surface area contributed by atoms with E-state index in [9.17, 15) is 0 Å². The van der Waals surface area contributed by atoms with Crippen LogP contribution in [-0.4, -0.2) is 57.1 Å². The Morgan fingerprint density at radius 2 is 1.26 bits per heavy atom. The average Bonchev–Trinajstić information content (AvgIpc) is 3.52. The van der Waals surface area contributed by atoms with Crippen molar-refractivity contribution >= 4 is 6.21 Å². The van der Waals surface area contributed by atoms with Crippen molar-refractivity contribution in [3.8, 4) is 0 Å². The van der Waals surface area contributed by atoms with Crippen molar-refractivity contribution in [2.24, 2.45) is 4.99 Å². The average molecular weight is 369 g/mol. The van der Waals surface area contributed by atoms with Crippen molar-refractivity contribution in [3.63, 3.8) is 0 Å². The third kappa shape index (κ3) is 5.26. The van der Waals surface area contributed by atoms with E-state index in [0.29, 0.717) is 24.4 Å². The minimum Gasteiger partial charge on any atom is -0.373 e. The Morgan fingerprint density at radius 1 is 0.741 bits per heavy atom. The van der Waals surface area contributed by atoms with Crippen LogP contribution in [0.3, 0.4) is 0 Å². The highest BCUT2D eigenvalue weighted by molar-refractivity contribution is 5.66. The number of hydrogen-bond acceptors (Lipinski definition) is 5. The summed E-state index contributed by atoms with van der Waals surface area (Å²) in [6, 6.07) is 0. The minimum absolute atomic E-state index is 0.376. The van der Waals surface area contributed by atoms with E-state index in [1.54, 1.807) is 0 Å². The van der Waals surface area contributed by atoms with Crippen LogP contribution >= 0.6 is 0 Å². The fraction of sp³-hybridized carbons (Fsp3) is 0.591. The molecule has 0 saturated carbocycles. The lowest BCUT2D eigenvalue weighted by atomic mass is 9.85. The molecule has 5 heteroatoms. The molecular weight excluding hydrogens is 342 g/mol. The van der Waals surface area contributed by atoms with Crippen LogP contribution in [0.4, 0.5) is 0 Å². The summed E-state index contributed by atoms with van der Waals surface area (Å²) < 4.78 is 21.5. The molecule has 0 aromatic carbocycles. The molecule has 0 N–H and O–H groups in total. The van der Waals surface area contributed by atoms with Crippen LogP contribution in [0.15, 0.2) is 51.7 Å². The third-order valence-corrected chi connectivity index (χ3v) is 5.43. The summed E-state index contributed by atoms with van der Waals surface area (Å²) in [6.07, 6.45) is 17.6. The number of rotatable bonds is 9. The molecule has 144 valence electrons. The zero-order chi connectivity index (χ0) is 18.1. The molecule has 0 amide bonds. The topological polar surface area (TPSA) is 62.5 Å². The van der Waals surface area contributed by atoms with Gasteiger partial charge in [-0.3, -0.25) is 4.99 Å². The molecule has 0 bridgehead atoms. The number of hydrogen-bond donors (Lipinski definition) is 0. The molecule has 0 spiro atoms. The normalized spacial score (nSPS) is 38.7. The second-order valence-corrected chi connectivity index (χ2v) is 7.83. The van der Waals surface area contributed by atoms with E-state index in [1.807, 2.05) is 6.21 Å².